The van der Waals surface area contributed by atoms with Crippen molar-refractivity contribution in [3.05, 3.63) is 0 Å². The van der Waals surface area contributed by atoms with Crippen molar-refractivity contribution in [2.24, 2.45) is 11.8 Å². The predicted molar refractivity (Wildman–Crippen MR) is 70.8 cm³/mol. The second-order valence-electron chi connectivity index (χ2n) is 5.92. The number of hydrogen-bond donors (Lipinski definition) is 1. The van der Waals surface area contributed by atoms with Gasteiger partial charge in [-0.3, -0.25) is 4.79 Å². The molecule has 1 fully saturated rings. The maximum Gasteiger partial charge on any atom is 0.137 e. The fourth-order valence-electron chi connectivity index (χ4n) is 2.71. The van der Waals surface area contributed by atoms with Crippen molar-refractivity contribution in [1.29, 1.82) is 5.26 Å². The highest BCUT2D eigenvalue weighted by Crippen LogP contribution is 2.33. The number of aliphatic hydroxyl groups is 1. The quantitative estimate of drug-likeness (QED) is 0.707. The van der Waals surface area contributed by atoms with Gasteiger partial charge in [-0.15, -0.1) is 0 Å². The van der Waals surface area contributed by atoms with E-state index in [-0.39, 0.29) is 17.6 Å². The summed E-state index contributed by atoms with van der Waals surface area (Å²) in [7, 11) is 0. The fourth-order valence-corrected chi connectivity index (χ4v) is 2.71. The van der Waals surface area contributed by atoms with Gasteiger partial charge in [0.1, 0.15) is 5.78 Å². The molecule has 3 unspecified atom stereocenters. The van der Waals surface area contributed by atoms with Crippen molar-refractivity contribution in [2.75, 3.05) is 0 Å². The van der Waals surface area contributed by atoms with Gasteiger partial charge in [-0.2, -0.15) is 5.26 Å². The molecule has 1 N–H and O–H groups in total. The third-order valence-corrected chi connectivity index (χ3v) is 4.00. The van der Waals surface area contributed by atoms with Crippen molar-refractivity contribution in [3.8, 4) is 6.07 Å². The van der Waals surface area contributed by atoms with E-state index in [0.29, 0.717) is 19.3 Å². The number of nitrogens with zero attached hydrogens (tertiary/aromatic N) is 1. The molecule has 0 aliphatic heterocycles. The maximum absolute atomic E-state index is 11.7. The molecule has 18 heavy (non-hydrogen) atoms. The van der Waals surface area contributed by atoms with Crippen LogP contribution in [-0.2, 0) is 4.79 Å². The second kappa shape index (κ2) is 6.89. The third kappa shape index (κ3) is 4.78. The molecule has 3 heteroatoms. The molecule has 102 valence electrons. The molecule has 0 aromatic carbocycles. The average Bonchev–Trinajstić information content (AvgIpc) is 2.68. The molecule has 3 atom stereocenters. The highest BCUT2D eigenvalue weighted by Gasteiger charge is 2.33. The number of rotatable bonds is 7. The van der Waals surface area contributed by atoms with Crippen molar-refractivity contribution >= 4 is 5.78 Å². The average molecular weight is 251 g/mol. The number of nitriles is 1. The Labute approximate surface area is 110 Å². The highest BCUT2D eigenvalue weighted by molar-refractivity contribution is 5.83. The van der Waals surface area contributed by atoms with Gasteiger partial charge in [0, 0.05) is 12.3 Å². The summed E-state index contributed by atoms with van der Waals surface area (Å²) in [4.78, 5) is 11.7. The van der Waals surface area contributed by atoms with E-state index < -0.39 is 5.60 Å². The van der Waals surface area contributed by atoms with E-state index in [0.717, 1.165) is 32.1 Å². The first-order valence-corrected chi connectivity index (χ1v) is 7.13. The van der Waals surface area contributed by atoms with Gasteiger partial charge in [0.2, 0.25) is 0 Å². The Bertz CT molecular complexity index is 317. The number of carbonyl (C=O) groups excluding carboxylic acids is 1. The molecule has 0 aromatic heterocycles. The van der Waals surface area contributed by atoms with Gasteiger partial charge in [-0.05, 0) is 32.6 Å². The van der Waals surface area contributed by atoms with E-state index in [9.17, 15) is 9.90 Å². The number of hydrogen-bond acceptors (Lipinski definition) is 3. The summed E-state index contributed by atoms with van der Waals surface area (Å²) in [6.45, 7) is 4.01. The van der Waals surface area contributed by atoms with Crippen molar-refractivity contribution < 1.29 is 9.90 Å². The summed E-state index contributed by atoms with van der Waals surface area (Å²) in [5, 5.41) is 19.1. The zero-order valence-electron chi connectivity index (χ0n) is 11.6. The predicted octanol–water partition coefficient (Wildman–Crippen LogP) is 3.22. The summed E-state index contributed by atoms with van der Waals surface area (Å²) in [6.07, 6.45) is 6.67. The Morgan fingerprint density at radius 2 is 2.17 bits per heavy atom. The van der Waals surface area contributed by atoms with Crippen LogP contribution in [-0.4, -0.2) is 16.5 Å². The first-order chi connectivity index (χ1) is 8.48. The monoisotopic (exact) mass is 251 g/mol. The minimum absolute atomic E-state index is 0.00676. The Balaban J connectivity index is 2.31. The minimum atomic E-state index is -0.653. The molecule has 0 spiro atoms. The fraction of sp³-hybridized carbons (Fsp3) is 0.867. The molecule has 1 aliphatic rings. The van der Waals surface area contributed by atoms with Crippen LogP contribution in [0, 0.1) is 23.2 Å². The molecule has 3 nitrogen and oxygen atoms in total. The van der Waals surface area contributed by atoms with E-state index >= 15 is 0 Å². The van der Waals surface area contributed by atoms with Crippen LogP contribution in [0.1, 0.15) is 65.2 Å². The van der Waals surface area contributed by atoms with Crippen LogP contribution in [0.25, 0.3) is 0 Å². The molecule has 0 aromatic rings. The first-order valence-electron chi connectivity index (χ1n) is 7.13. The topological polar surface area (TPSA) is 61.1 Å². The van der Waals surface area contributed by atoms with E-state index in [1.165, 1.54) is 0 Å². The summed E-state index contributed by atoms with van der Waals surface area (Å²) >= 11 is 0. The molecule has 1 saturated carbocycles. The zero-order valence-corrected chi connectivity index (χ0v) is 11.6. The Morgan fingerprint density at radius 1 is 1.44 bits per heavy atom. The van der Waals surface area contributed by atoms with Gasteiger partial charge in [0.25, 0.3) is 0 Å². The first kappa shape index (κ1) is 15.2. The smallest absolute Gasteiger partial charge is 0.137 e. The second-order valence-corrected chi connectivity index (χ2v) is 5.92. The van der Waals surface area contributed by atoms with Gasteiger partial charge in [-0.1, -0.05) is 26.2 Å². The maximum atomic E-state index is 11.7. The van der Waals surface area contributed by atoms with Gasteiger partial charge in [-0.25, -0.2) is 0 Å². The van der Waals surface area contributed by atoms with Crippen molar-refractivity contribution in [3.63, 3.8) is 0 Å². The van der Waals surface area contributed by atoms with Crippen LogP contribution >= 0.6 is 0 Å². The van der Waals surface area contributed by atoms with Crippen LogP contribution in [0.15, 0.2) is 0 Å². The zero-order chi connectivity index (χ0) is 13.6. The van der Waals surface area contributed by atoms with Crippen molar-refractivity contribution in [1.82, 2.24) is 0 Å². The minimum Gasteiger partial charge on any atom is -0.390 e. The van der Waals surface area contributed by atoms with E-state index in [1.807, 2.05) is 6.92 Å². The lowest BCUT2D eigenvalue weighted by Gasteiger charge is -2.24. The molecular formula is C15H25NO2. The van der Waals surface area contributed by atoms with Crippen LogP contribution in [0.4, 0.5) is 0 Å². The lowest BCUT2D eigenvalue weighted by Crippen LogP contribution is -2.25. The normalized spacial score (nSPS) is 26.9. The van der Waals surface area contributed by atoms with Crippen LogP contribution in [0.2, 0.25) is 0 Å². The third-order valence-electron chi connectivity index (χ3n) is 4.00. The Morgan fingerprint density at radius 3 is 2.72 bits per heavy atom. The molecule has 1 rings (SSSR count). The van der Waals surface area contributed by atoms with Crippen LogP contribution in [0.3, 0.4) is 0 Å². The molecule has 0 radical (unpaired) electrons. The molecule has 0 heterocycles. The lowest BCUT2D eigenvalue weighted by molar-refractivity contribution is -0.121. The molecule has 0 bridgehead atoms. The van der Waals surface area contributed by atoms with Gasteiger partial charge in [0.05, 0.1) is 17.6 Å². The number of ketones is 1. The van der Waals surface area contributed by atoms with E-state index in [4.69, 9.17) is 5.26 Å². The van der Waals surface area contributed by atoms with Crippen LogP contribution < -0.4 is 0 Å². The summed E-state index contributed by atoms with van der Waals surface area (Å²) in [6, 6.07) is 2.18. The largest absolute Gasteiger partial charge is 0.390 e. The lowest BCUT2D eigenvalue weighted by atomic mass is 9.88. The summed E-state index contributed by atoms with van der Waals surface area (Å²) in [5.74, 6) is 0.130. The number of Topliss-reactive ketones (excluding diaryl/α,β-unsaturated/α-hetero) is 1. The van der Waals surface area contributed by atoms with Crippen molar-refractivity contribution in [2.45, 2.75) is 70.8 Å². The molecule has 1 aliphatic carbocycles. The standard InChI is InChI=1S/C15H25NO2/c1-3-4-5-7-15(2,18)8-6-13-9-12(11-16)10-14(13)17/h12-13,18H,3-10H2,1-2H3. The van der Waals surface area contributed by atoms with E-state index in [2.05, 4.69) is 13.0 Å². The molecule has 0 amide bonds. The van der Waals surface area contributed by atoms with Gasteiger partial charge >= 0.3 is 0 Å². The van der Waals surface area contributed by atoms with Crippen LogP contribution in [0.5, 0.6) is 0 Å². The molecule has 0 saturated heterocycles. The number of carbonyl (C=O) groups is 1. The SMILES string of the molecule is CCCCCC(C)(O)CCC1CC(C#N)CC1=O. The summed E-state index contributed by atoms with van der Waals surface area (Å²) in [5.41, 5.74) is -0.653. The highest BCUT2D eigenvalue weighted by atomic mass is 16.3. The van der Waals surface area contributed by atoms with E-state index in [1.54, 1.807) is 0 Å². The Kier molecular flexibility index (Phi) is 5.81. The molecular weight excluding hydrogens is 226 g/mol. The van der Waals surface area contributed by atoms with Gasteiger partial charge < -0.3 is 5.11 Å². The Hall–Kier alpha value is -0.880. The number of unbranched alkanes of at least 4 members (excludes halogenated alkanes) is 2. The summed E-state index contributed by atoms with van der Waals surface area (Å²) < 4.78 is 0. The van der Waals surface area contributed by atoms with Gasteiger partial charge in [0.15, 0.2) is 0 Å².